The molecule has 3 N–H and O–H groups in total. The smallest absolute Gasteiger partial charge is 0.338 e. The van der Waals surface area contributed by atoms with Crippen molar-refractivity contribution >= 4 is 17.7 Å². The molecule has 1 aromatic heterocycles. The van der Waals surface area contributed by atoms with Crippen LogP contribution in [0.15, 0.2) is 60.9 Å². The number of pyridine rings is 1. The van der Waals surface area contributed by atoms with E-state index in [0.29, 0.717) is 18.5 Å². The van der Waals surface area contributed by atoms with E-state index in [2.05, 4.69) is 15.6 Å². The third kappa shape index (κ3) is 5.92. The van der Waals surface area contributed by atoms with Gasteiger partial charge in [-0.2, -0.15) is 0 Å². The molecule has 0 spiro atoms. The number of hydrogen-bond acceptors (Lipinski definition) is 8. The highest BCUT2D eigenvalue weighted by atomic mass is 19.1. The summed E-state index contributed by atoms with van der Waals surface area (Å²) in [5.41, 5.74) is 0.181. The molecule has 1 saturated heterocycles. The number of benzene rings is 2. The molecule has 0 bridgehead atoms. The largest absolute Gasteiger partial charge is 0.507 e. The van der Waals surface area contributed by atoms with Crippen molar-refractivity contribution in [3.63, 3.8) is 0 Å². The van der Waals surface area contributed by atoms with E-state index in [0.717, 1.165) is 13.0 Å². The summed E-state index contributed by atoms with van der Waals surface area (Å²) in [6.07, 6.45) is 3.78. The number of ketones is 1. The Morgan fingerprint density at radius 3 is 2.43 bits per heavy atom. The summed E-state index contributed by atoms with van der Waals surface area (Å²) in [5, 5.41) is 16.2. The van der Waals surface area contributed by atoms with Crippen molar-refractivity contribution in [2.75, 3.05) is 20.2 Å². The molecule has 0 unspecified atom stereocenters. The summed E-state index contributed by atoms with van der Waals surface area (Å²) in [7, 11) is 1.25. The van der Waals surface area contributed by atoms with Crippen molar-refractivity contribution in [2.45, 2.75) is 25.0 Å². The second-order valence-corrected chi connectivity index (χ2v) is 8.49. The van der Waals surface area contributed by atoms with Crippen LogP contribution in [0.4, 0.5) is 4.39 Å². The maximum atomic E-state index is 14.6. The van der Waals surface area contributed by atoms with Crippen LogP contribution in [0.3, 0.4) is 0 Å². The Bertz CT molecular complexity index is 1280. The molecule has 37 heavy (non-hydrogen) atoms. The van der Waals surface area contributed by atoms with Gasteiger partial charge in [-0.25, -0.2) is 9.18 Å². The number of amides is 1. The number of halogens is 1. The summed E-state index contributed by atoms with van der Waals surface area (Å²) >= 11 is 0. The molecule has 10 heteroatoms. The SMILES string of the molecule is COc1ccc(O)c(C(=O)c2ccc(C(=O)O[C@H]3CCCNC[C@@H]3NC(=O)c3ccncc3)cc2)c1F. The van der Waals surface area contributed by atoms with Gasteiger partial charge in [0.05, 0.1) is 18.7 Å². The highest BCUT2D eigenvalue weighted by Gasteiger charge is 2.29. The average Bonchev–Trinajstić information content (AvgIpc) is 3.14. The number of nitrogens with one attached hydrogen (secondary N) is 2. The van der Waals surface area contributed by atoms with Crippen LogP contribution in [0.1, 0.15) is 49.5 Å². The van der Waals surface area contributed by atoms with Crippen LogP contribution in [0.25, 0.3) is 0 Å². The lowest BCUT2D eigenvalue weighted by atomic mass is 10.00. The number of aromatic hydroxyl groups is 1. The average molecular weight is 508 g/mol. The number of aromatic nitrogens is 1. The topological polar surface area (TPSA) is 127 Å². The number of ether oxygens (including phenoxy) is 2. The van der Waals surface area contributed by atoms with Gasteiger partial charge in [-0.1, -0.05) is 12.1 Å². The monoisotopic (exact) mass is 507 g/mol. The molecule has 192 valence electrons. The molecular formula is C27H26FN3O6. The number of hydrogen-bond donors (Lipinski definition) is 3. The van der Waals surface area contributed by atoms with E-state index in [-0.39, 0.29) is 22.8 Å². The Kier molecular flexibility index (Phi) is 8.09. The zero-order chi connectivity index (χ0) is 26.4. The van der Waals surface area contributed by atoms with Crippen molar-refractivity contribution in [3.8, 4) is 11.5 Å². The van der Waals surface area contributed by atoms with Gasteiger partial charge >= 0.3 is 5.97 Å². The number of phenols is 1. The van der Waals surface area contributed by atoms with Gasteiger partial charge < -0.3 is 25.2 Å². The summed E-state index contributed by atoms with van der Waals surface area (Å²) in [5.74, 6) is -3.35. The number of carbonyl (C=O) groups excluding carboxylic acids is 3. The minimum atomic E-state index is -0.974. The minimum Gasteiger partial charge on any atom is -0.507 e. The Balaban J connectivity index is 1.47. The first kappa shape index (κ1) is 25.8. The maximum absolute atomic E-state index is 14.6. The van der Waals surface area contributed by atoms with Crippen molar-refractivity contribution in [1.82, 2.24) is 15.6 Å². The molecule has 3 aromatic rings. The van der Waals surface area contributed by atoms with Gasteiger partial charge in [-0.05, 0) is 55.8 Å². The molecule has 0 aliphatic carbocycles. The Morgan fingerprint density at radius 1 is 1.03 bits per heavy atom. The highest BCUT2D eigenvalue weighted by molar-refractivity contribution is 6.11. The van der Waals surface area contributed by atoms with Gasteiger partial charge in [0.15, 0.2) is 17.3 Å². The van der Waals surface area contributed by atoms with E-state index >= 15 is 0 Å². The third-order valence-electron chi connectivity index (χ3n) is 6.09. The van der Waals surface area contributed by atoms with Gasteiger partial charge in [0, 0.05) is 30.1 Å². The van der Waals surface area contributed by atoms with E-state index in [1.54, 1.807) is 12.1 Å². The molecule has 4 rings (SSSR count). The number of methoxy groups -OCH3 is 1. The molecule has 2 aromatic carbocycles. The number of phenolic OH excluding ortho intramolecular Hbond substituents is 1. The molecule has 2 heterocycles. The summed E-state index contributed by atoms with van der Waals surface area (Å²) in [4.78, 5) is 42.3. The lowest BCUT2D eigenvalue weighted by Crippen LogP contribution is -2.49. The van der Waals surface area contributed by atoms with Crippen molar-refractivity contribution in [1.29, 1.82) is 0 Å². The molecule has 9 nitrogen and oxygen atoms in total. The number of esters is 1. The fraction of sp³-hybridized carbons (Fsp3) is 0.259. The normalized spacial score (nSPS) is 17.4. The lowest BCUT2D eigenvalue weighted by molar-refractivity contribution is 0.0192. The molecule has 1 aliphatic rings. The first-order valence-electron chi connectivity index (χ1n) is 11.7. The lowest BCUT2D eigenvalue weighted by Gasteiger charge is -2.26. The molecule has 2 atom stereocenters. The zero-order valence-electron chi connectivity index (χ0n) is 20.1. The fourth-order valence-corrected chi connectivity index (χ4v) is 4.09. The van der Waals surface area contributed by atoms with Crippen molar-refractivity contribution in [2.24, 2.45) is 0 Å². The van der Waals surface area contributed by atoms with Crippen molar-refractivity contribution in [3.05, 3.63) is 89.0 Å². The standard InChI is InChI=1S/C27H26FN3O6/c1-36-22-9-8-20(32)23(24(22)28)25(33)16-4-6-18(7-5-16)27(35)37-21-3-2-12-30-15-19(21)31-26(34)17-10-13-29-14-11-17/h4-11,13-14,19,21,30,32H,2-3,12,15H2,1H3,(H,31,34)/t19-,21-/m0/s1. The van der Waals surface area contributed by atoms with Crippen LogP contribution in [0, 0.1) is 5.82 Å². The molecule has 1 amide bonds. The van der Waals surface area contributed by atoms with E-state index < -0.39 is 41.0 Å². The maximum Gasteiger partial charge on any atom is 0.338 e. The second-order valence-electron chi connectivity index (χ2n) is 8.49. The number of carbonyl (C=O) groups is 3. The first-order valence-corrected chi connectivity index (χ1v) is 11.7. The van der Waals surface area contributed by atoms with Gasteiger partial charge in [-0.3, -0.25) is 14.6 Å². The first-order chi connectivity index (χ1) is 17.9. The van der Waals surface area contributed by atoms with Gasteiger partial charge in [0.2, 0.25) is 0 Å². The predicted octanol–water partition coefficient (Wildman–Crippen LogP) is 2.87. The molecule has 1 fully saturated rings. The fourth-order valence-electron chi connectivity index (χ4n) is 4.09. The van der Waals surface area contributed by atoms with Crippen LogP contribution >= 0.6 is 0 Å². The third-order valence-corrected chi connectivity index (χ3v) is 6.09. The van der Waals surface area contributed by atoms with Crippen molar-refractivity contribution < 1.29 is 33.4 Å². The van der Waals surface area contributed by atoms with E-state index in [1.165, 1.54) is 55.9 Å². The van der Waals surface area contributed by atoms with Crippen LogP contribution in [0.5, 0.6) is 11.5 Å². The van der Waals surface area contributed by atoms with Crippen LogP contribution < -0.4 is 15.4 Å². The predicted molar refractivity (Wildman–Crippen MR) is 131 cm³/mol. The van der Waals surface area contributed by atoms with Gasteiger partial charge in [0.25, 0.3) is 5.91 Å². The molecule has 1 aliphatic heterocycles. The van der Waals surface area contributed by atoms with Crippen LogP contribution in [-0.4, -0.2) is 60.1 Å². The Morgan fingerprint density at radius 2 is 1.73 bits per heavy atom. The summed E-state index contributed by atoms with van der Waals surface area (Å²) in [6.45, 7) is 1.15. The van der Waals surface area contributed by atoms with E-state index in [1.807, 2.05) is 0 Å². The zero-order valence-corrected chi connectivity index (χ0v) is 20.1. The molecule has 0 saturated carbocycles. The Labute approximate surface area is 212 Å². The summed E-state index contributed by atoms with van der Waals surface area (Å²) < 4.78 is 25.2. The minimum absolute atomic E-state index is 0.0696. The summed E-state index contributed by atoms with van der Waals surface area (Å²) in [6, 6.07) is 10.6. The van der Waals surface area contributed by atoms with Crippen LogP contribution in [0.2, 0.25) is 0 Å². The quantitative estimate of drug-likeness (QED) is 0.329. The Hall–Kier alpha value is -4.31. The number of nitrogens with zero attached hydrogens (tertiary/aromatic N) is 1. The highest BCUT2D eigenvalue weighted by Crippen LogP contribution is 2.30. The van der Waals surface area contributed by atoms with Crippen LogP contribution in [-0.2, 0) is 4.74 Å². The van der Waals surface area contributed by atoms with Gasteiger partial charge in [-0.15, -0.1) is 0 Å². The van der Waals surface area contributed by atoms with E-state index in [4.69, 9.17) is 9.47 Å². The molecule has 0 radical (unpaired) electrons. The molecular weight excluding hydrogens is 481 g/mol. The van der Waals surface area contributed by atoms with E-state index in [9.17, 15) is 23.9 Å². The second kappa shape index (κ2) is 11.6. The number of rotatable bonds is 7. The van der Waals surface area contributed by atoms with Gasteiger partial charge in [0.1, 0.15) is 17.4 Å².